The second-order valence-electron chi connectivity index (χ2n) is 5.49. The minimum Gasteiger partial charge on any atom is -0.493 e. The predicted molar refractivity (Wildman–Crippen MR) is 78.4 cm³/mol. The Labute approximate surface area is 124 Å². The molecule has 0 saturated carbocycles. The van der Waals surface area contributed by atoms with Crippen molar-refractivity contribution in [3.63, 3.8) is 0 Å². The van der Waals surface area contributed by atoms with E-state index in [-0.39, 0.29) is 12.6 Å². The zero-order chi connectivity index (χ0) is 14.7. The lowest BCUT2D eigenvalue weighted by Crippen LogP contribution is -2.31. The third kappa shape index (κ3) is 3.13. The molecule has 0 unspecified atom stereocenters. The Morgan fingerprint density at radius 1 is 1.24 bits per heavy atom. The number of likely N-dealkylation sites (tertiary alicyclic amines) is 1. The zero-order valence-electron chi connectivity index (χ0n) is 12.4. The molecule has 0 N–H and O–H groups in total. The molecule has 2 heterocycles. The van der Waals surface area contributed by atoms with E-state index in [0.29, 0.717) is 29.2 Å². The fourth-order valence-electron chi connectivity index (χ4n) is 2.88. The van der Waals surface area contributed by atoms with Gasteiger partial charge >= 0.3 is 0 Å². The number of ketones is 1. The molecule has 0 spiro atoms. The van der Waals surface area contributed by atoms with Crippen LogP contribution in [0.15, 0.2) is 12.1 Å². The highest BCUT2D eigenvalue weighted by molar-refractivity contribution is 5.97. The molecule has 3 rings (SSSR count). The quantitative estimate of drug-likeness (QED) is 0.780. The van der Waals surface area contributed by atoms with Crippen molar-refractivity contribution in [2.24, 2.45) is 0 Å². The molecule has 5 heteroatoms. The van der Waals surface area contributed by atoms with Gasteiger partial charge in [0.05, 0.1) is 7.11 Å². The maximum absolute atomic E-state index is 12.4. The monoisotopic (exact) mass is 291 g/mol. The molecule has 0 amide bonds. The van der Waals surface area contributed by atoms with Crippen LogP contribution in [0.2, 0.25) is 0 Å². The Kier molecular flexibility index (Phi) is 4.29. The lowest BCUT2D eigenvalue weighted by molar-refractivity contribution is 0.0958. The van der Waals surface area contributed by atoms with Crippen LogP contribution in [-0.4, -0.2) is 44.2 Å². The van der Waals surface area contributed by atoms with E-state index in [9.17, 15) is 4.79 Å². The van der Waals surface area contributed by atoms with Crippen LogP contribution < -0.4 is 14.2 Å². The maximum Gasteiger partial charge on any atom is 0.231 e. The summed E-state index contributed by atoms with van der Waals surface area (Å²) in [6.45, 7) is 3.22. The number of methoxy groups -OCH3 is 1. The lowest BCUT2D eigenvalue weighted by Gasteiger charge is -2.25. The molecule has 1 aromatic carbocycles. The van der Waals surface area contributed by atoms with Gasteiger partial charge in [-0.1, -0.05) is 6.42 Å². The van der Waals surface area contributed by atoms with Gasteiger partial charge in [0.2, 0.25) is 12.5 Å². The number of carbonyl (C=O) groups excluding carboxylic acids is 1. The van der Waals surface area contributed by atoms with E-state index in [1.54, 1.807) is 19.2 Å². The number of carbonyl (C=O) groups is 1. The van der Waals surface area contributed by atoms with E-state index < -0.39 is 0 Å². The molecule has 0 aliphatic carbocycles. The Morgan fingerprint density at radius 3 is 2.81 bits per heavy atom. The lowest BCUT2D eigenvalue weighted by atomic mass is 10.1. The van der Waals surface area contributed by atoms with Crippen molar-refractivity contribution < 1.29 is 19.0 Å². The van der Waals surface area contributed by atoms with Crippen molar-refractivity contribution >= 4 is 5.78 Å². The van der Waals surface area contributed by atoms with Gasteiger partial charge in [-0.15, -0.1) is 0 Å². The van der Waals surface area contributed by atoms with Gasteiger partial charge in [-0.25, -0.2) is 0 Å². The third-order valence-corrected chi connectivity index (χ3v) is 4.08. The number of fused-ring (bicyclic) bond motifs is 1. The highest BCUT2D eigenvalue weighted by atomic mass is 16.7. The average Bonchev–Trinajstić information content (AvgIpc) is 3.01. The van der Waals surface area contributed by atoms with Crippen molar-refractivity contribution in [3.05, 3.63) is 17.7 Å². The van der Waals surface area contributed by atoms with Gasteiger partial charge in [-0.3, -0.25) is 4.79 Å². The van der Waals surface area contributed by atoms with Crippen LogP contribution in [0.4, 0.5) is 0 Å². The average molecular weight is 291 g/mol. The highest BCUT2D eigenvalue weighted by Gasteiger charge is 2.22. The molecule has 21 heavy (non-hydrogen) atoms. The zero-order valence-corrected chi connectivity index (χ0v) is 12.4. The first-order valence-electron chi connectivity index (χ1n) is 7.51. The van der Waals surface area contributed by atoms with Gasteiger partial charge in [0.15, 0.2) is 17.3 Å². The smallest absolute Gasteiger partial charge is 0.231 e. The number of piperidine rings is 1. The Hall–Kier alpha value is -1.75. The standard InChI is InChI=1S/C16H21NO4/c1-19-14-9-12(10-15-16(14)21-11-20-15)13(18)5-8-17-6-3-2-4-7-17/h9-10H,2-8,11H2,1H3. The molecule has 114 valence electrons. The molecule has 1 saturated heterocycles. The van der Waals surface area contributed by atoms with Gasteiger partial charge in [0, 0.05) is 18.5 Å². The van der Waals surface area contributed by atoms with Gasteiger partial charge in [-0.05, 0) is 38.1 Å². The summed E-state index contributed by atoms with van der Waals surface area (Å²) in [6, 6.07) is 3.50. The van der Waals surface area contributed by atoms with E-state index in [1.807, 2.05) is 0 Å². The number of rotatable bonds is 5. The summed E-state index contributed by atoms with van der Waals surface area (Å²) in [5.74, 6) is 1.87. The molecule has 0 radical (unpaired) electrons. The first-order valence-corrected chi connectivity index (χ1v) is 7.51. The van der Waals surface area contributed by atoms with Gasteiger partial charge < -0.3 is 19.1 Å². The highest BCUT2D eigenvalue weighted by Crippen LogP contribution is 2.42. The molecule has 1 aromatic rings. The summed E-state index contributed by atoms with van der Waals surface area (Å²) >= 11 is 0. The SMILES string of the molecule is COc1cc(C(=O)CCN2CCCCC2)cc2c1OCO2. The summed E-state index contributed by atoms with van der Waals surface area (Å²) in [4.78, 5) is 14.7. The molecule has 2 aliphatic heterocycles. The number of Topliss-reactive ketones (excluding diaryl/α,β-unsaturated/α-hetero) is 1. The van der Waals surface area contributed by atoms with Gasteiger partial charge in [0.1, 0.15) is 0 Å². The molecule has 2 aliphatic rings. The Balaban J connectivity index is 1.66. The number of ether oxygens (including phenoxy) is 3. The predicted octanol–water partition coefficient (Wildman–Crippen LogP) is 2.48. The van der Waals surface area contributed by atoms with Crippen molar-refractivity contribution in [2.45, 2.75) is 25.7 Å². The molecule has 1 fully saturated rings. The first kappa shape index (κ1) is 14.2. The van der Waals surface area contributed by atoms with Crippen LogP contribution >= 0.6 is 0 Å². The number of benzene rings is 1. The molecule has 0 aromatic heterocycles. The first-order chi connectivity index (χ1) is 10.3. The maximum atomic E-state index is 12.4. The van der Waals surface area contributed by atoms with Crippen LogP contribution in [0.1, 0.15) is 36.0 Å². The van der Waals surface area contributed by atoms with Gasteiger partial charge in [-0.2, -0.15) is 0 Å². The van der Waals surface area contributed by atoms with Crippen LogP contribution in [-0.2, 0) is 0 Å². The summed E-state index contributed by atoms with van der Waals surface area (Å²) in [5, 5.41) is 0. The van der Waals surface area contributed by atoms with Crippen LogP contribution in [0.3, 0.4) is 0 Å². The third-order valence-electron chi connectivity index (χ3n) is 4.08. The minimum absolute atomic E-state index is 0.122. The number of hydrogen-bond donors (Lipinski definition) is 0. The van der Waals surface area contributed by atoms with Crippen molar-refractivity contribution in [1.29, 1.82) is 0 Å². The summed E-state index contributed by atoms with van der Waals surface area (Å²) < 4.78 is 16.0. The van der Waals surface area contributed by atoms with Crippen molar-refractivity contribution in [2.75, 3.05) is 33.5 Å². The van der Waals surface area contributed by atoms with Crippen LogP contribution in [0, 0.1) is 0 Å². The largest absolute Gasteiger partial charge is 0.493 e. The second-order valence-corrected chi connectivity index (χ2v) is 5.49. The molecule has 5 nitrogen and oxygen atoms in total. The molecule has 0 atom stereocenters. The van der Waals surface area contributed by atoms with E-state index in [2.05, 4.69) is 4.90 Å². The Morgan fingerprint density at radius 2 is 2.05 bits per heavy atom. The fraction of sp³-hybridized carbons (Fsp3) is 0.562. The van der Waals surface area contributed by atoms with E-state index in [1.165, 1.54) is 19.3 Å². The fourth-order valence-corrected chi connectivity index (χ4v) is 2.88. The normalized spacial score (nSPS) is 17.8. The summed E-state index contributed by atoms with van der Waals surface area (Å²) in [6.07, 6.45) is 4.32. The molecule has 0 bridgehead atoms. The molecular weight excluding hydrogens is 270 g/mol. The number of nitrogens with zero attached hydrogens (tertiary/aromatic N) is 1. The van der Waals surface area contributed by atoms with Crippen molar-refractivity contribution in [1.82, 2.24) is 4.90 Å². The van der Waals surface area contributed by atoms with Crippen LogP contribution in [0.5, 0.6) is 17.2 Å². The second kappa shape index (κ2) is 6.35. The topological polar surface area (TPSA) is 48.0 Å². The summed E-state index contributed by atoms with van der Waals surface area (Å²) in [5.41, 5.74) is 0.633. The van der Waals surface area contributed by atoms with Gasteiger partial charge in [0.25, 0.3) is 0 Å². The molecular formula is C16H21NO4. The van der Waals surface area contributed by atoms with Crippen LogP contribution in [0.25, 0.3) is 0 Å². The van der Waals surface area contributed by atoms with Crippen molar-refractivity contribution in [3.8, 4) is 17.2 Å². The summed E-state index contributed by atoms with van der Waals surface area (Å²) in [7, 11) is 1.57. The van der Waals surface area contributed by atoms with E-state index in [4.69, 9.17) is 14.2 Å². The van der Waals surface area contributed by atoms with E-state index >= 15 is 0 Å². The number of hydrogen-bond acceptors (Lipinski definition) is 5. The van der Waals surface area contributed by atoms with E-state index in [0.717, 1.165) is 19.6 Å². The minimum atomic E-state index is 0.122. The Bertz CT molecular complexity index is 523.